The Morgan fingerprint density at radius 3 is 2.67 bits per heavy atom. The molecule has 6 nitrogen and oxygen atoms in total. The SMILES string of the molecule is CNCc1cccc(CS(=O)(=O)NCc2csc(=O)[nH]2)c1. The first-order chi connectivity index (χ1) is 9.98. The summed E-state index contributed by atoms with van der Waals surface area (Å²) in [4.78, 5) is 13.4. The number of hydrogen-bond acceptors (Lipinski definition) is 5. The van der Waals surface area contributed by atoms with Gasteiger partial charge >= 0.3 is 4.87 Å². The van der Waals surface area contributed by atoms with E-state index in [1.54, 1.807) is 11.4 Å². The molecule has 1 aromatic carbocycles. The smallest absolute Gasteiger partial charge is 0.304 e. The molecule has 2 aromatic rings. The van der Waals surface area contributed by atoms with Gasteiger partial charge in [0, 0.05) is 17.6 Å². The van der Waals surface area contributed by atoms with Gasteiger partial charge in [-0.15, -0.1) is 0 Å². The molecule has 3 N–H and O–H groups in total. The standard InChI is InChI=1S/C13H17N3O3S2/c1-14-6-10-3-2-4-11(5-10)9-21(18,19)15-7-12-8-20-13(17)16-12/h2-5,8,14-15H,6-7,9H2,1H3,(H,16,17). The molecule has 0 aliphatic heterocycles. The fourth-order valence-electron chi connectivity index (χ4n) is 1.89. The van der Waals surface area contributed by atoms with Crippen molar-refractivity contribution in [3.8, 4) is 0 Å². The molecular weight excluding hydrogens is 310 g/mol. The van der Waals surface area contributed by atoms with Crippen LogP contribution in [0.2, 0.25) is 0 Å². The van der Waals surface area contributed by atoms with Crippen molar-refractivity contribution in [2.24, 2.45) is 0 Å². The summed E-state index contributed by atoms with van der Waals surface area (Å²) in [6, 6.07) is 7.43. The van der Waals surface area contributed by atoms with Crippen molar-refractivity contribution in [3.63, 3.8) is 0 Å². The molecule has 0 aliphatic carbocycles. The monoisotopic (exact) mass is 327 g/mol. The molecule has 0 amide bonds. The fraction of sp³-hybridized carbons (Fsp3) is 0.308. The molecule has 0 atom stereocenters. The zero-order valence-electron chi connectivity index (χ0n) is 11.5. The molecular formula is C13H17N3O3S2. The van der Waals surface area contributed by atoms with Crippen molar-refractivity contribution >= 4 is 21.4 Å². The molecule has 21 heavy (non-hydrogen) atoms. The minimum Gasteiger partial charge on any atom is -0.316 e. The van der Waals surface area contributed by atoms with E-state index in [4.69, 9.17) is 0 Å². The highest BCUT2D eigenvalue weighted by Crippen LogP contribution is 2.09. The third-order valence-electron chi connectivity index (χ3n) is 2.78. The number of hydrogen-bond donors (Lipinski definition) is 3. The average Bonchev–Trinajstić information content (AvgIpc) is 2.83. The summed E-state index contributed by atoms with van der Waals surface area (Å²) in [5.74, 6) is -0.0844. The number of aromatic amines is 1. The van der Waals surface area contributed by atoms with E-state index in [9.17, 15) is 13.2 Å². The van der Waals surface area contributed by atoms with Gasteiger partial charge in [-0.2, -0.15) is 0 Å². The summed E-state index contributed by atoms with van der Waals surface area (Å²) < 4.78 is 26.5. The van der Waals surface area contributed by atoms with E-state index in [-0.39, 0.29) is 17.2 Å². The van der Waals surface area contributed by atoms with Gasteiger partial charge in [0.2, 0.25) is 10.0 Å². The van der Waals surface area contributed by atoms with Gasteiger partial charge in [0.25, 0.3) is 0 Å². The van der Waals surface area contributed by atoms with Crippen LogP contribution in [0.15, 0.2) is 34.4 Å². The molecule has 0 fully saturated rings. The van der Waals surface area contributed by atoms with Crippen LogP contribution in [0.1, 0.15) is 16.8 Å². The number of rotatable bonds is 7. The number of aromatic nitrogens is 1. The van der Waals surface area contributed by atoms with E-state index in [1.165, 1.54) is 0 Å². The van der Waals surface area contributed by atoms with Crippen LogP contribution < -0.4 is 14.9 Å². The lowest BCUT2D eigenvalue weighted by Crippen LogP contribution is -2.25. The van der Waals surface area contributed by atoms with Gasteiger partial charge in [-0.05, 0) is 18.2 Å². The zero-order chi connectivity index (χ0) is 15.3. The molecule has 0 saturated heterocycles. The summed E-state index contributed by atoms with van der Waals surface area (Å²) in [6.45, 7) is 0.786. The third kappa shape index (κ3) is 5.09. The highest BCUT2D eigenvalue weighted by atomic mass is 32.2. The van der Waals surface area contributed by atoms with Gasteiger partial charge in [-0.3, -0.25) is 4.79 Å². The maximum Gasteiger partial charge on any atom is 0.304 e. The highest BCUT2D eigenvalue weighted by Gasteiger charge is 2.12. The van der Waals surface area contributed by atoms with Gasteiger partial charge in [0.05, 0.1) is 12.3 Å². The zero-order valence-corrected chi connectivity index (χ0v) is 13.2. The number of sulfonamides is 1. The van der Waals surface area contributed by atoms with Crippen molar-refractivity contribution in [1.82, 2.24) is 15.0 Å². The Balaban J connectivity index is 2.00. The third-order valence-corrected chi connectivity index (χ3v) is 4.80. The van der Waals surface area contributed by atoms with Crippen molar-refractivity contribution in [1.29, 1.82) is 0 Å². The Bertz CT molecular complexity index is 750. The first kappa shape index (κ1) is 15.9. The summed E-state index contributed by atoms with van der Waals surface area (Å²) >= 11 is 1.01. The lowest BCUT2D eigenvalue weighted by atomic mass is 10.1. The molecule has 0 radical (unpaired) electrons. The topological polar surface area (TPSA) is 91.1 Å². The Morgan fingerprint density at radius 2 is 2.00 bits per heavy atom. The van der Waals surface area contributed by atoms with Gasteiger partial charge in [0.1, 0.15) is 0 Å². The summed E-state index contributed by atoms with van der Waals surface area (Å²) in [7, 11) is -1.60. The van der Waals surface area contributed by atoms with Crippen LogP contribution in [0.5, 0.6) is 0 Å². The predicted octanol–water partition coefficient (Wildman–Crippen LogP) is 0.775. The van der Waals surface area contributed by atoms with Crippen molar-refractivity contribution < 1.29 is 8.42 Å². The Hall–Kier alpha value is -1.48. The molecule has 0 unspecified atom stereocenters. The fourth-order valence-corrected chi connectivity index (χ4v) is 3.57. The van der Waals surface area contributed by atoms with E-state index in [1.807, 2.05) is 25.2 Å². The van der Waals surface area contributed by atoms with Crippen molar-refractivity contribution in [3.05, 3.63) is 56.1 Å². The largest absolute Gasteiger partial charge is 0.316 e. The summed E-state index contributed by atoms with van der Waals surface area (Å²) in [5.41, 5.74) is 2.33. The van der Waals surface area contributed by atoms with Crippen LogP contribution in [0.3, 0.4) is 0 Å². The molecule has 1 heterocycles. The maximum atomic E-state index is 12.0. The summed E-state index contributed by atoms with van der Waals surface area (Å²) in [5, 5.41) is 4.63. The second kappa shape index (κ2) is 6.99. The van der Waals surface area contributed by atoms with Crippen LogP contribution >= 0.6 is 11.3 Å². The molecule has 8 heteroatoms. The molecule has 0 aliphatic rings. The lowest BCUT2D eigenvalue weighted by molar-refractivity contribution is 0.579. The molecule has 1 aromatic heterocycles. The van der Waals surface area contributed by atoms with Gasteiger partial charge < -0.3 is 10.3 Å². The minimum atomic E-state index is -3.44. The molecule has 2 rings (SSSR count). The minimum absolute atomic E-state index is 0.0844. The van der Waals surface area contributed by atoms with Crippen LogP contribution in [0.4, 0.5) is 0 Å². The summed E-state index contributed by atoms with van der Waals surface area (Å²) in [6.07, 6.45) is 0. The molecule has 0 spiro atoms. The Kier molecular flexibility index (Phi) is 5.29. The van der Waals surface area contributed by atoms with E-state index < -0.39 is 10.0 Å². The van der Waals surface area contributed by atoms with Crippen molar-refractivity contribution in [2.75, 3.05) is 7.05 Å². The number of thiazole rings is 1. The number of benzene rings is 1. The second-order valence-corrected chi connectivity index (χ2v) is 7.25. The number of H-pyrrole nitrogens is 1. The molecule has 0 bridgehead atoms. The van der Waals surface area contributed by atoms with Crippen LogP contribution in [0, 0.1) is 0 Å². The van der Waals surface area contributed by atoms with Crippen LogP contribution in [-0.4, -0.2) is 20.4 Å². The van der Waals surface area contributed by atoms with Crippen LogP contribution in [-0.2, 0) is 28.9 Å². The molecule has 0 saturated carbocycles. The molecule has 114 valence electrons. The van der Waals surface area contributed by atoms with E-state index in [0.717, 1.165) is 22.5 Å². The maximum absolute atomic E-state index is 12.0. The number of nitrogens with one attached hydrogen (secondary N) is 3. The Labute approximate surface area is 127 Å². The van der Waals surface area contributed by atoms with Crippen molar-refractivity contribution in [2.45, 2.75) is 18.8 Å². The van der Waals surface area contributed by atoms with E-state index in [2.05, 4.69) is 15.0 Å². The normalized spacial score (nSPS) is 11.7. The van der Waals surface area contributed by atoms with Gasteiger partial charge in [0.15, 0.2) is 0 Å². The Morgan fingerprint density at radius 1 is 1.24 bits per heavy atom. The first-order valence-electron chi connectivity index (χ1n) is 6.35. The highest BCUT2D eigenvalue weighted by molar-refractivity contribution is 7.88. The quantitative estimate of drug-likeness (QED) is 0.701. The van der Waals surface area contributed by atoms with E-state index in [0.29, 0.717) is 12.2 Å². The lowest BCUT2D eigenvalue weighted by Gasteiger charge is -2.07. The van der Waals surface area contributed by atoms with Crippen LogP contribution in [0.25, 0.3) is 0 Å². The average molecular weight is 327 g/mol. The van der Waals surface area contributed by atoms with Gasteiger partial charge in [-0.1, -0.05) is 35.6 Å². The van der Waals surface area contributed by atoms with Gasteiger partial charge in [-0.25, -0.2) is 13.1 Å². The van der Waals surface area contributed by atoms with E-state index >= 15 is 0 Å². The second-order valence-electron chi connectivity index (χ2n) is 4.60. The first-order valence-corrected chi connectivity index (χ1v) is 8.88. The predicted molar refractivity (Wildman–Crippen MR) is 83.6 cm³/mol.